The number of carbonyl (C=O) groups is 2. The lowest BCUT2D eigenvalue weighted by Gasteiger charge is -2.25. The van der Waals surface area contributed by atoms with E-state index in [-0.39, 0.29) is 24.3 Å². The SMILES string of the molecule is COc1ccc(CNC(=O)CN(C(C)=O)c2ccccc2C(C)C)cc1OC. The Balaban J connectivity index is 2.09. The highest BCUT2D eigenvalue weighted by atomic mass is 16.5. The van der Waals surface area contributed by atoms with Crippen molar-refractivity contribution in [2.24, 2.45) is 0 Å². The van der Waals surface area contributed by atoms with Gasteiger partial charge in [-0.25, -0.2) is 0 Å². The highest BCUT2D eigenvalue weighted by molar-refractivity contribution is 5.98. The molecule has 2 aromatic rings. The molecular formula is C22H28N2O4. The molecule has 0 bridgehead atoms. The highest BCUT2D eigenvalue weighted by Crippen LogP contribution is 2.28. The molecule has 1 N–H and O–H groups in total. The van der Waals surface area contributed by atoms with Gasteiger partial charge in [-0.2, -0.15) is 0 Å². The number of hydrogen-bond acceptors (Lipinski definition) is 4. The van der Waals surface area contributed by atoms with Crippen molar-refractivity contribution in [3.8, 4) is 11.5 Å². The third kappa shape index (κ3) is 5.25. The van der Waals surface area contributed by atoms with Crippen LogP contribution < -0.4 is 19.7 Å². The molecule has 6 heteroatoms. The van der Waals surface area contributed by atoms with Crippen LogP contribution in [0.5, 0.6) is 11.5 Å². The maximum Gasteiger partial charge on any atom is 0.240 e. The average molecular weight is 384 g/mol. The molecule has 0 atom stereocenters. The van der Waals surface area contributed by atoms with Crippen LogP contribution in [0.1, 0.15) is 37.8 Å². The van der Waals surface area contributed by atoms with Gasteiger partial charge in [0.15, 0.2) is 11.5 Å². The molecule has 0 radical (unpaired) electrons. The van der Waals surface area contributed by atoms with Crippen molar-refractivity contribution in [1.82, 2.24) is 5.32 Å². The van der Waals surface area contributed by atoms with E-state index >= 15 is 0 Å². The Morgan fingerprint density at radius 3 is 2.32 bits per heavy atom. The topological polar surface area (TPSA) is 67.9 Å². The lowest BCUT2D eigenvalue weighted by Crippen LogP contribution is -2.40. The zero-order valence-corrected chi connectivity index (χ0v) is 17.1. The number of benzene rings is 2. The van der Waals surface area contributed by atoms with Gasteiger partial charge in [0.05, 0.1) is 14.2 Å². The van der Waals surface area contributed by atoms with Crippen LogP contribution in [0.2, 0.25) is 0 Å². The molecule has 0 saturated carbocycles. The van der Waals surface area contributed by atoms with E-state index in [1.807, 2.05) is 36.4 Å². The van der Waals surface area contributed by atoms with E-state index in [1.54, 1.807) is 20.3 Å². The molecule has 0 spiro atoms. The summed E-state index contributed by atoms with van der Waals surface area (Å²) >= 11 is 0. The summed E-state index contributed by atoms with van der Waals surface area (Å²) in [5, 5.41) is 2.86. The number of ether oxygens (including phenoxy) is 2. The Bertz CT molecular complexity index is 833. The summed E-state index contributed by atoms with van der Waals surface area (Å²) in [5.41, 5.74) is 2.68. The number of methoxy groups -OCH3 is 2. The van der Waals surface area contributed by atoms with E-state index < -0.39 is 0 Å². The van der Waals surface area contributed by atoms with Crippen LogP contribution in [-0.4, -0.2) is 32.6 Å². The zero-order chi connectivity index (χ0) is 20.7. The zero-order valence-electron chi connectivity index (χ0n) is 17.1. The van der Waals surface area contributed by atoms with E-state index in [2.05, 4.69) is 19.2 Å². The number of nitrogens with one attached hydrogen (secondary N) is 1. The predicted octanol–water partition coefficient (Wildman–Crippen LogP) is 3.50. The summed E-state index contributed by atoms with van der Waals surface area (Å²) in [4.78, 5) is 26.2. The minimum Gasteiger partial charge on any atom is -0.493 e. The molecule has 0 saturated heterocycles. The molecule has 28 heavy (non-hydrogen) atoms. The molecule has 2 rings (SSSR count). The molecule has 0 unspecified atom stereocenters. The molecule has 0 aliphatic heterocycles. The number of para-hydroxylation sites is 1. The van der Waals surface area contributed by atoms with Crippen LogP contribution >= 0.6 is 0 Å². The van der Waals surface area contributed by atoms with E-state index in [0.717, 1.165) is 16.8 Å². The second kappa shape index (κ2) is 9.78. The highest BCUT2D eigenvalue weighted by Gasteiger charge is 2.19. The lowest BCUT2D eigenvalue weighted by atomic mass is 10.0. The van der Waals surface area contributed by atoms with Gasteiger partial charge in [0, 0.05) is 19.2 Å². The van der Waals surface area contributed by atoms with Crippen molar-refractivity contribution in [1.29, 1.82) is 0 Å². The van der Waals surface area contributed by atoms with Crippen LogP contribution in [0.4, 0.5) is 5.69 Å². The Morgan fingerprint density at radius 1 is 1.04 bits per heavy atom. The first-order valence-electron chi connectivity index (χ1n) is 9.22. The van der Waals surface area contributed by atoms with Gasteiger partial charge >= 0.3 is 0 Å². The van der Waals surface area contributed by atoms with Crippen molar-refractivity contribution in [2.45, 2.75) is 33.2 Å². The van der Waals surface area contributed by atoms with Gasteiger partial charge in [-0.05, 0) is 35.2 Å². The fourth-order valence-electron chi connectivity index (χ4n) is 2.98. The standard InChI is InChI=1S/C22H28N2O4/c1-15(2)18-8-6-7-9-19(18)24(16(3)25)14-22(26)23-13-17-10-11-20(27-4)21(12-17)28-5/h6-12,15H,13-14H2,1-5H3,(H,23,26). The maximum atomic E-state index is 12.5. The summed E-state index contributed by atoms with van der Waals surface area (Å²) in [6.45, 7) is 5.89. The van der Waals surface area contributed by atoms with Crippen molar-refractivity contribution >= 4 is 17.5 Å². The molecule has 2 aromatic carbocycles. The molecular weight excluding hydrogens is 356 g/mol. The largest absolute Gasteiger partial charge is 0.493 e. The summed E-state index contributed by atoms with van der Waals surface area (Å²) < 4.78 is 10.5. The van der Waals surface area contributed by atoms with Crippen molar-refractivity contribution in [2.75, 3.05) is 25.7 Å². The quantitative estimate of drug-likeness (QED) is 0.756. The van der Waals surface area contributed by atoms with Crippen LogP contribution in [0, 0.1) is 0 Å². The maximum absolute atomic E-state index is 12.5. The number of rotatable bonds is 8. The molecule has 6 nitrogen and oxygen atoms in total. The molecule has 0 aliphatic carbocycles. The Kier molecular flexibility index (Phi) is 7.44. The summed E-state index contributed by atoms with van der Waals surface area (Å²) in [7, 11) is 3.14. The third-order valence-corrected chi connectivity index (χ3v) is 4.47. The number of carbonyl (C=O) groups excluding carboxylic acids is 2. The van der Waals surface area contributed by atoms with E-state index in [9.17, 15) is 9.59 Å². The van der Waals surface area contributed by atoms with Gasteiger partial charge in [-0.1, -0.05) is 38.1 Å². The summed E-state index contributed by atoms with van der Waals surface area (Å²) in [6.07, 6.45) is 0. The van der Waals surface area contributed by atoms with Crippen molar-refractivity contribution in [3.63, 3.8) is 0 Å². The minimum absolute atomic E-state index is 0.0354. The first-order chi connectivity index (χ1) is 13.4. The average Bonchev–Trinajstić information content (AvgIpc) is 2.69. The molecule has 0 heterocycles. The Labute approximate surface area is 166 Å². The normalized spacial score (nSPS) is 10.5. The van der Waals surface area contributed by atoms with Crippen molar-refractivity contribution < 1.29 is 19.1 Å². The number of nitrogens with zero attached hydrogens (tertiary/aromatic N) is 1. The molecule has 0 fully saturated rings. The first-order valence-corrected chi connectivity index (χ1v) is 9.22. The van der Waals surface area contributed by atoms with Gasteiger partial charge in [0.25, 0.3) is 0 Å². The second-order valence-electron chi connectivity index (χ2n) is 6.78. The van der Waals surface area contributed by atoms with Crippen LogP contribution in [0.3, 0.4) is 0 Å². The van der Waals surface area contributed by atoms with Gasteiger partial charge < -0.3 is 19.7 Å². The lowest BCUT2D eigenvalue weighted by molar-refractivity contribution is -0.123. The Morgan fingerprint density at radius 2 is 1.71 bits per heavy atom. The van der Waals surface area contributed by atoms with Crippen LogP contribution in [-0.2, 0) is 16.1 Å². The van der Waals surface area contributed by atoms with Crippen molar-refractivity contribution in [3.05, 3.63) is 53.6 Å². The number of anilines is 1. The van der Waals surface area contributed by atoms with E-state index in [1.165, 1.54) is 11.8 Å². The molecule has 150 valence electrons. The summed E-state index contributed by atoms with van der Waals surface area (Å²) in [6, 6.07) is 13.1. The fraction of sp³-hybridized carbons (Fsp3) is 0.364. The number of hydrogen-bond donors (Lipinski definition) is 1. The van der Waals surface area contributed by atoms with Gasteiger partial charge in [-0.3, -0.25) is 9.59 Å². The number of amides is 2. The molecule has 0 aliphatic rings. The monoisotopic (exact) mass is 384 g/mol. The van der Waals surface area contributed by atoms with E-state index in [0.29, 0.717) is 18.0 Å². The van der Waals surface area contributed by atoms with Gasteiger partial charge in [-0.15, -0.1) is 0 Å². The summed E-state index contributed by atoms with van der Waals surface area (Å²) in [5.74, 6) is 1.07. The van der Waals surface area contributed by atoms with E-state index in [4.69, 9.17) is 9.47 Å². The molecule has 0 aromatic heterocycles. The third-order valence-electron chi connectivity index (χ3n) is 4.47. The fourth-order valence-corrected chi connectivity index (χ4v) is 2.98. The smallest absolute Gasteiger partial charge is 0.240 e. The predicted molar refractivity (Wildman–Crippen MR) is 110 cm³/mol. The van der Waals surface area contributed by atoms with Gasteiger partial charge in [0.2, 0.25) is 11.8 Å². The van der Waals surface area contributed by atoms with Crippen LogP contribution in [0.15, 0.2) is 42.5 Å². The second-order valence-corrected chi connectivity index (χ2v) is 6.78. The van der Waals surface area contributed by atoms with Gasteiger partial charge in [0.1, 0.15) is 6.54 Å². The van der Waals surface area contributed by atoms with Crippen LogP contribution in [0.25, 0.3) is 0 Å². The first kappa shape index (κ1) is 21.3. The Hall–Kier alpha value is -3.02. The minimum atomic E-state index is -0.233. The molecule has 2 amide bonds.